The molecule has 0 saturated carbocycles. The Morgan fingerprint density at radius 2 is 2.00 bits per heavy atom. The molecule has 0 unspecified atom stereocenters. The van der Waals surface area contributed by atoms with Crippen molar-refractivity contribution in [3.8, 4) is 0 Å². The van der Waals surface area contributed by atoms with E-state index < -0.39 is 0 Å². The van der Waals surface area contributed by atoms with Gasteiger partial charge in [0, 0.05) is 17.8 Å². The third-order valence-electron chi connectivity index (χ3n) is 2.66. The second-order valence-corrected chi connectivity index (χ2v) is 4.80. The first-order valence-corrected chi connectivity index (χ1v) is 6.74. The fraction of sp³-hybridized carbons (Fsp3) is 0.467. The maximum absolute atomic E-state index is 11.8. The van der Waals surface area contributed by atoms with Crippen molar-refractivity contribution in [2.45, 2.75) is 33.8 Å². The van der Waals surface area contributed by atoms with E-state index >= 15 is 0 Å². The molecule has 0 fully saturated rings. The highest BCUT2D eigenvalue weighted by atomic mass is 16.5. The van der Waals surface area contributed by atoms with Crippen molar-refractivity contribution in [3.05, 3.63) is 29.3 Å². The van der Waals surface area contributed by atoms with Gasteiger partial charge < -0.3 is 15.4 Å². The van der Waals surface area contributed by atoms with Crippen LogP contribution in [0.4, 0.5) is 5.69 Å². The summed E-state index contributed by atoms with van der Waals surface area (Å²) in [4.78, 5) is 23.5. The lowest BCUT2D eigenvalue weighted by molar-refractivity contribution is -0.121. The largest absolute Gasteiger partial charge is 0.369 e. The highest BCUT2D eigenvalue weighted by Gasteiger charge is 2.10. The number of aryl methyl sites for hydroxylation is 1. The zero-order valence-corrected chi connectivity index (χ0v) is 12.4. The third kappa shape index (κ3) is 5.01. The molecule has 5 nitrogen and oxygen atoms in total. The highest BCUT2D eigenvalue weighted by Crippen LogP contribution is 2.17. The van der Waals surface area contributed by atoms with Gasteiger partial charge in [0.25, 0.3) is 5.91 Å². The Kier molecular flexibility index (Phi) is 6.18. The SMILES string of the molecule is CCNC(=O)c1ccc(C)c(NC(=O)COC(C)C)c1. The number of hydrogen-bond donors (Lipinski definition) is 2. The Morgan fingerprint density at radius 3 is 2.60 bits per heavy atom. The Labute approximate surface area is 119 Å². The van der Waals surface area contributed by atoms with E-state index in [4.69, 9.17) is 4.74 Å². The topological polar surface area (TPSA) is 67.4 Å². The lowest BCUT2D eigenvalue weighted by Crippen LogP contribution is -2.24. The number of hydrogen-bond acceptors (Lipinski definition) is 3. The molecule has 0 aliphatic carbocycles. The summed E-state index contributed by atoms with van der Waals surface area (Å²) in [6, 6.07) is 5.22. The van der Waals surface area contributed by atoms with Crippen LogP contribution in [0.2, 0.25) is 0 Å². The van der Waals surface area contributed by atoms with Crippen molar-refractivity contribution >= 4 is 17.5 Å². The van der Waals surface area contributed by atoms with E-state index in [1.54, 1.807) is 12.1 Å². The number of rotatable bonds is 6. The molecule has 0 saturated heterocycles. The zero-order valence-electron chi connectivity index (χ0n) is 12.4. The molecule has 0 bridgehead atoms. The zero-order chi connectivity index (χ0) is 15.1. The van der Waals surface area contributed by atoms with Crippen LogP contribution in [0.15, 0.2) is 18.2 Å². The maximum atomic E-state index is 11.8. The summed E-state index contributed by atoms with van der Waals surface area (Å²) < 4.78 is 5.24. The Morgan fingerprint density at radius 1 is 1.30 bits per heavy atom. The molecule has 1 rings (SSSR count). The first-order valence-electron chi connectivity index (χ1n) is 6.74. The minimum Gasteiger partial charge on any atom is -0.369 e. The Hall–Kier alpha value is -1.88. The van der Waals surface area contributed by atoms with Crippen LogP contribution in [0, 0.1) is 6.92 Å². The number of carbonyl (C=O) groups is 2. The Balaban J connectivity index is 2.76. The van der Waals surface area contributed by atoms with Crippen LogP contribution in [-0.2, 0) is 9.53 Å². The molecule has 20 heavy (non-hydrogen) atoms. The van der Waals surface area contributed by atoms with Gasteiger partial charge in [0.15, 0.2) is 0 Å². The molecular weight excluding hydrogens is 256 g/mol. The first kappa shape index (κ1) is 16.2. The van der Waals surface area contributed by atoms with Crippen LogP contribution in [0.25, 0.3) is 0 Å². The van der Waals surface area contributed by atoms with Crippen molar-refractivity contribution in [3.63, 3.8) is 0 Å². The van der Waals surface area contributed by atoms with Crippen molar-refractivity contribution in [1.29, 1.82) is 0 Å². The summed E-state index contributed by atoms with van der Waals surface area (Å²) in [6.45, 7) is 8.04. The molecule has 0 spiro atoms. The monoisotopic (exact) mass is 278 g/mol. The van der Waals surface area contributed by atoms with E-state index in [0.29, 0.717) is 17.8 Å². The molecule has 1 aromatic carbocycles. The smallest absolute Gasteiger partial charge is 0.251 e. The van der Waals surface area contributed by atoms with Crippen molar-refractivity contribution < 1.29 is 14.3 Å². The number of nitrogens with one attached hydrogen (secondary N) is 2. The molecule has 0 aliphatic heterocycles. The Bertz CT molecular complexity index is 484. The summed E-state index contributed by atoms with van der Waals surface area (Å²) in [7, 11) is 0. The summed E-state index contributed by atoms with van der Waals surface area (Å²) in [5.41, 5.74) is 2.06. The van der Waals surface area contributed by atoms with E-state index in [2.05, 4.69) is 10.6 Å². The van der Waals surface area contributed by atoms with Gasteiger partial charge in [-0.1, -0.05) is 6.07 Å². The second kappa shape index (κ2) is 7.65. The number of anilines is 1. The summed E-state index contributed by atoms with van der Waals surface area (Å²) >= 11 is 0. The van der Waals surface area contributed by atoms with E-state index in [1.165, 1.54) is 0 Å². The quantitative estimate of drug-likeness (QED) is 0.837. The van der Waals surface area contributed by atoms with Crippen molar-refractivity contribution in [1.82, 2.24) is 5.32 Å². The van der Waals surface area contributed by atoms with Crippen LogP contribution in [0.5, 0.6) is 0 Å². The average molecular weight is 278 g/mol. The molecular formula is C15H22N2O3. The van der Waals surface area contributed by atoms with Gasteiger partial charge in [-0.2, -0.15) is 0 Å². The summed E-state index contributed by atoms with van der Waals surface area (Å²) in [5, 5.41) is 5.48. The van der Waals surface area contributed by atoms with E-state index in [-0.39, 0.29) is 24.5 Å². The van der Waals surface area contributed by atoms with Crippen molar-refractivity contribution in [2.24, 2.45) is 0 Å². The van der Waals surface area contributed by atoms with Gasteiger partial charge in [-0.3, -0.25) is 9.59 Å². The average Bonchev–Trinajstić information content (AvgIpc) is 2.39. The molecule has 1 aromatic rings. The van der Waals surface area contributed by atoms with Crippen LogP contribution < -0.4 is 10.6 Å². The van der Waals surface area contributed by atoms with Gasteiger partial charge in [-0.25, -0.2) is 0 Å². The minimum atomic E-state index is -0.227. The van der Waals surface area contributed by atoms with E-state index in [9.17, 15) is 9.59 Å². The maximum Gasteiger partial charge on any atom is 0.251 e. The predicted molar refractivity (Wildman–Crippen MR) is 78.9 cm³/mol. The van der Waals surface area contributed by atoms with E-state index in [1.807, 2.05) is 33.8 Å². The van der Waals surface area contributed by atoms with Crippen molar-refractivity contribution in [2.75, 3.05) is 18.5 Å². The molecule has 2 N–H and O–H groups in total. The predicted octanol–water partition coefficient (Wildman–Crippen LogP) is 2.11. The van der Waals surface area contributed by atoms with Gasteiger partial charge >= 0.3 is 0 Å². The van der Waals surface area contributed by atoms with Gasteiger partial charge in [0.1, 0.15) is 6.61 Å². The molecule has 0 radical (unpaired) electrons. The van der Waals surface area contributed by atoms with Gasteiger partial charge in [-0.15, -0.1) is 0 Å². The third-order valence-corrected chi connectivity index (χ3v) is 2.66. The number of benzene rings is 1. The standard InChI is InChI=1S/C15H22N2O3/c1-5-16-15(19)12-7-6-11(4)13(8-12)17-14(18)9-20-10(2)3/h6-8,10H,5,9H2,1-4H3,(H,16,19)(H,17,18). The fourth-order valence-electron chi connectivity index (χ4n) is 1.59. The number of carbonyl (C=O) groups excluding carboxylic acids is 2. The lowest BCUT2D eigenvalue weighted by Gasteiger charge is -2.12. The van der Waals surface area contributed by atoms with Crippen LogP contribution >= 0.6 is 0 Å². The molecule has 0 aromatic heterocycles. The van der Waals surface area contributed by atoms with Crippen LogP contribution in [-0.4, -0.2) is 31.1 Å². The van der Waals surface area contributed by atoms with Gasteiger partial charge in [-0.05, 0) is 45.4 Å². The highest BCUT2D eigenvalue weighted by molar-refractivity contribution is 5.98. The van der Waals surface area contributed by atoms with Crippen LogP contribution in [0.3, 0.4) is 0 Å². The molecule has 0 heterocycles. The molecule has 0 atom stereocenters. The normalized spacial score (nSPS) is 10.4. The molecule has 110 valence electrons. The molecule has 0 aliphatic rings. The van der Waals surface area contributed by atoms with Gasteiger partial charge in [0.05, 0.1) is 6.10 Å². The minimum absolute atomic E-state index is 0.00247. The first-order chi connectivity index (χ1) is 9.43. The van der Waals surface area contributed by atoms with Crippen LogP contribution in [0.1, 0.15) is 36.7 Å². The fourth-order valence-corrected chi connectivity index (χ4v) is 1.59. The number of amides is 2. The summed E-state index contributed by atoms with van der Waals surface area (Å²) in [6.07, 6.45) is 0.00325. The van der Waals surface area contributed by atoms with Gasteiger partial charge in [0.2, 0.25) is 5.91 Å². The molecule has 2 amide bonds. The van der Waals surface area contributed by atoms with E-state index in [0.717, 1.165) is 5.56 Å². The molecule has 5 heteroatoms. The number of ether oxygens (including phenoxy) is 1. The lowest BCUT2D eigenvalue weighted by atomic mass is 10.1. The second-order valence-electron chi connectivity index (χ2n) is 4.80. The summed E-state index contributed by atoms with van der Waals surface area (Å²) in [5.74, 6) is -0.378.